The van der Waals surface area contributed by atoms with Crippen molar-refractivity contribution in [1.29, 1.82) is 0 Å². The highest BCUT2D eigenvalue weighted by Crippen LogP contribution is 2.27. The van der Waals surface area contributed by atoms with E-state index in [9.17, 15) is 5.11 Å². The van der Waals surface area contributed by atoms with Crippen LogP contribution in [0, 0.1) is 6.92 Å². The van der Waals surface area contributed by atoms with E-state index in [1.165, 1.54) is 0 Å². The Morgan fingerprint density at radius 1 is 1.40 bits per heavy atom. The van der Waals surface area contributed by atoms with Gasteiger partial charge in [-0.2, -0.15) is 0 Å². The van der Waals surface area contributed by atoms with Crippen molar-refractivity contribution < 1.29 is 5.11 Å². The van der Waals surface area contributed by atoms with Crippen LogP contribution in [0.1, 0.15) is 25.1 Å². The zero-order chi connectivity index (χ0) is 11.2. The van der Waals surface area contributed by atoms with Crippen LogP contribution in [0.2, 0.25) is 0 Å². The molecule has 0 aliphatic carbocycles. The Morgan fingerprint density at radius 2 is 2.07 bits per heavy atom. The topological polar surface area (TPSA) is 37.5 Å². The molecule has 2 aromatic heterocycles. The van der Waals surface area contributed by atoms with Crippen LogP contribution in [-0.4, -0.2) is 14.5 Å². The Balaban J connectivity index is 2.82. The average molecular weight is 269 g/mol. The second-order valence-corrected chi connectivity index (χ2v) is 5.16. The molecule has 0 atom stereocenters. The van der Waals surface area contributed by atoms with Gasteiger partial charge in [0.1, 0.15) is 5.65 Å². The second-order valence-electron chi connectivity index (χ2n) is 4.24. The number of aromatic nitrogens is 2. The van der Waals surface area contributed by atoms with E-state index in [0.717, 1.165) is 21.4 Å². The maximum absolute atomic E-state index is 10.0. The van der Waals surface area contributed by atoms with Gasteiger partial charge in [0.15, 0.2) is 0 Å². The third-order valence-corrected chi connectivity index (χ3v) is 2.73. The minimum absolute atomic E-state index is 0.809. The van der Waals surface area contributed by atoms with Crippen molar-refractivity contribution in [3.8, 4) is 0 Å². The number of fused-ring (bicyclic) bond motifs is 1. The second kappa shape index (κ2) is 3.32. The van der Waals surface area contributed by atoms with Crippen LogP contribution in [0.5, 0.6) is 0 Å². The summed E-state index contributed by atoms with van der Waals surface area (Å²) in [4.78, 5) is 4.40. The van der Waals surface area contributed by atoms with Gasteiger partial charge in [-0.3, -0.25) is 0 Å². The van der Waals surface area contributed by atoms with Crippen molar-refractivity contribution in [2.75, 3.05) is 0 Å². The van der Waals surface area contributed by atoms with Gasteiger partial charge >= 0.3 is 0 Å². The predicted octanol–water partition coefficient (Wildman–Crippen LogP) is 2.63. The largest absolute Gasteiger partial charge is 0.386 e. The highest BCUT2D eigenvalue weighted by atomic mass is 79.9. The maximum Gasteiger partial charge on any atom is 0.143 e. The molecule has 15 heavy (non-hydrogen) atoms. The minimum atomic E-state index is -0.886. The summed E-state index contributed by atoms with van der Waals surface area (Å²) in [6.45, 7) is 5.46. The lowest BCUT2D eigenvalue weighted by Gasteiger charge is -2.18. The summed E-state index contributed by atoms with van der Waals surface area (Å²) in [6.07, 6.45) is 3.87. The Labute approximate surface area is 96.9 Å². The van der Waals surface area contributed by atoms with Gasteiger partial charge in [-0.05, 0) is 42.8 Å². The zero-order valence-electron chi connectivity index (χ0n) is 8.95. The van der Waals surface area contributed by atoms with Crippen LogP contribution < -0.4 is 0 Å². The molecule has 1 N–H and O–H groups in total. The van der Waals surface area contributed by atoms with Gasteiger partial charge in [0.05, 0.1) is 11.3 Å². The van der Waals surface area contributed by atoms with Crippen molar-refractivity contribution in [3.05, 3.63) is 34.2 Å². The number of hydrogen-bond donors (Lipinski definition) is 1. The van der Waals surface area contributed by atoms with Crippen molar-refractivity contribution >= 4 is 21.6 Å². The van der Waals surface area contributed by atoms with E-state index < -0.39 is 5.60 Å². The highest BCUT2D eigenvalue weighted by Gasteiger charge is 2.21. The van der Waals surface area contributed by atoms with Crippen LogP contribution in [0.25, 0.3) is 5.65 Å². The number of rotatable bonds is 1. The van der Waals surface area contributed by atoms with Crippen molar-refractivity contribution in [2.45, 2.75) is 26.4 Å². The number of pyridine rings is 1. The molecule has 0 spiro atoms. The van der Waals surface area contributed by atoms with E-state index in [4.69, 9.17) is 0 Å². The van der Waals surface area contributed by atoms with Crippen LogP contribution in [0.4, 0.5) is 0 Å². The van der Waals surface area contributed by atoms with Crippen molar-refractivity contribution in [2.24, 2.45) is 0 Å². The van der Waals surface area contributed by atoms with E-state index in [0.29, 0.717) is 0 Å². The quantitative estimate of drug-likeness (QED) is 0.864. The molecule has 0 unspecified atom stereocenters. The molecule has 2 heterocycles. The van der Waals surface area contributed by atoms with Gasteiger partial charge in [0.25, 0.3) is 0 Å². The molecular formula is C11H13BrN2O. The molecule has 0 radical (unpaired) electrons. The SMILES string of the molecule is Cc1cn2cc(Br)cc(C(C)(C)O)c2n1. The molecule has 80 valence electrons. The normalized spacial score (nSPS) is 12.3. The first-order chi connectivity index (χ1) is 6.88. The summed E-state index contributed by atoms with van der Waals surface area (Å²) in [6, 6.07) is 1.90. The maximum atomic E-state index is 10.0. The van der Waals surface area contributed by atoms with E-state index >= 15 is 0 Å². The summed E-state index contributed by atoms with van der Waals surface area (Å²) < 4.78 is 2.86. The predicted molar refractivity (Wildman–Crippen MR) is 62.9 cm³/mol. The van der Waals surface area contributed by atoms with Crippen molar-refractivity contribution in [1.82, 2.24) is 9.38 Å². The highest BCUT2D eigenvalue weighted by molar-refractivity contribution is 9.10. The molecule has 0 amide bonds. The van der Waals surface area contributed by atoms with Crippen LogP contribution in [0.3, 0.4) is 0 Å². The molecule has 3 nitrogen and oxygen atoms in total. The molecule has 4 heteroatoms. The molecule has 0 saturated heterocycles. The number of imidazole rings is 1. The van der Waals surface area contributed by atoms with E-state index in [1.54, 1.807) is 13.8 Å². The third kappa shape index (κ3) is 1.92. The summed E-state index contributed by atoms with van der Waals surface area (Å²) in [5, 5.41) is 10.0. The summed E-state index contributed by atoms with van der Waals surface area (Å²) in [5.41, 5.74) is 1.69. The monoisotopic (exact) mass is 268 g/mol. The molecule has 0 saturated carbocycles. The van der Waals surface area contributed by atoms with Gasteiger partial charge < -0.3 is 9.51 Å². The van der Waals surface area contributed by atoms with Crippen LogP contribution in [-0.2, 0) is 5.60 Å². The number of aryl methyl sites for hydroxylation is 1. The summed E-state index contributed by atoms with van der Waals surface area (Å²) in [7, 11) is 0. The summed E-state index contributed by atoms with van der Waals surface area (Å²) in [5.74, 6) is 0. The Kier molecular flexibility index (Phi) is 2.35. The van der Waals surface area contributed by atoms with Gasteiger partial charge in [-0.15, -0.1) is 0 Å². The lowest BCUT2D eigenvalue weighted by atomic mass is 10.00. The molecule has 0 aliphatic heterocycles. The van der Waals surface area contributed by atoms with E-state index in [-0.39, 0.29) is 0 Å². The molecule has 2 aromatic rings. The van der Waals surface area contributed by atoms with Gasteiger partial charge in [-0.25, -0.2) is 4.98 Å². The molecule has 0 aromatic carbocycles. The van der Waals surface area contributed by atoms with Gasteiger partial charge in [0, 0.05) is 22.4 Å². The molecular weight excluding hydrogens is 256 g/mol. The molecule has 0 aliphatic rings. The average Bonchev–Trinajstić information content (AvgIpc) is 2.41. The first kappa shape index (κ1) is 10.6. The Hall–Kier alpha value is -0.870. The number of nitrogens with zero attached hydrogens (tertiary/aromatic N) is 2. The fourth-order valence-corrected chi connectivity index (χ4v) is 2.09. The first-order valence-corrected chi connectivity index (χ1v) is 5.55. The molecule has 2 rings (SSSR count). The van der Waals surface area contributed by atoms with Crippen molar-refractivity contribution in [3.63, 3.8) is 0 Å². The van der Waals surface area contributed by atoms with Gasteiger partial charge in [0.2, 0.25) is 0 Å². The van der Waals surface area contributed by atoms with Crippen LogP contribution in [0.15, 0.2) is 22.9 Å². The zero-order valence-corrected chi connectivity index (χ0v) is 10.5. The third-order valence-electron chi connectivity index (χ3n) is 2.30. The van der Waals surface area contributed by atoms with Crippen LogP contribution >= 0.6 is 15.9 Å². The minimum Gasteiger partial charge on any atom is -0.386 e. The fraction of sp³-hybridized carbons (Fsp3) is 0.364. The molecule has 0 bridgehead atoms. The lowest BCUT2D eigenvalue weighted by molar-refractivity contribution is 0.0795. The lowest BCUT2D eigenvalue weighted by Crippen LogP contribution is -2.17. The van der Waals surface area contributed by atoms with E-state index in [2.05, 4.69) is 20.9 Å². The van der Waals surface area contributed by atoms with E-state index in [1.807, 2.05) is 29.8 Å². The standard InChI is InChI=1S/C11H13BrN2O/c1-7-5-14-6-8(12)4-9(10(14)13-7)11(2,3)15/h4-6,15H,1-3H3. The Bertz CT molecular complexity index is 511. The molecule has 0 fully saturated rings. The number of hydrogen-bond acceptors (Lipinski definition) is 2. The smallest absolute Gasteiger partial charge is 0.143 e. The summed E-state index contributed by atoms with van der Waals surface area (Å²) >= 11 is 3.43. The number of aliphatic hydroxyl groups is 1. The Morgan fingerprint density at radius 3 is 2.67 bits per heavy atom. The number of halogens is 1. The first-order valence-electron chi connectivity index (χ1n) is 4.75. The fourth-order valence-electron chi connectivity index (χ4n) is 1.64. The van der Waals surface area contributed by atoms with Gasteiger partial charge in [-0.1, -0.05) is 0 Å².